The van der Waals surface area contributed by atoms with Crippen molar-refractivity contribution in [1.29, 1.82) is 0 Å². The average Bonchev–Trinajstić information content (AvgIpc) is 2.94. The van der Waals surface area contributed by atoms with E-state index >= 15 is 0 Å². The number of imidazole rings is 1. The van der Waals surface area contributed by atoms with Crippen molar-refractivity contribution in [2.45, 2.75) is 6.10 Å². The standard InChI is InChI=1S/C12H17N5O2/c1-13-10-7-16-3-2-14-11(16)12(15-10)17-4-5-19-9(6-17)8-18/h2-3,7,9,13,18H,4-6,8H2,1H3. The van der Waals surface area contributed by atoms with Crippen molar-refractivity contribution >= 4 is 17.3 Å². The molecule has 1 fully saturated rings. The first-order valence-electron chi connectivity index (χ1n) is 6.30. The van der Waals surface area contributed by atoms with Gasteiger partial charge in [0.15, 0.2) is 11.5 Å². The van der Waals surface area contributed by atoms with Crippen LogP contribution in [0.3, 0.4) is 0 Å². The number of morpholine rings is 1. The van der Waals surface area contributed by atoms with Gasteiger partial charge in [-0.2, -0.15) is 0 Å². The third-order valence-corrected chi connectivity index (χ3v) is 3.25. The smallest absolute Gasteiger partial charge is 0.180 e. The normalized spacial score (nSPS) is 19.9. The zero-order valence-corrected chi connectivity index (χ0v) is 10.8. The average molecular weight is 263 g/mol. The molecule has 2 aromatic heterocycles. The lowest BCUT2D eigenvalue weighted by molar-refractivity contribution is 0.00342. The first-order valence-corrected chi connectivity index (χ1v) is 6.30. The molecular formula is C12H17N5O2. The van der Waals surface area contributed by atoms with Crippen LogP contribution in [0.4, 0.5) is 11.6 Å². The van der Waals surface area contributed by atoms with Gasteiger partial charge in [0.1, 0.15) is 5.82 Å². The molecule has 0 aromatic carbocycles. The number of aliphatic hydroxyl groups excluding tert-OH is 1. The summed E-state index contributed by atoms with van der Waals surface area (Å²) in [5.74, 6) is 1.60. The van der Waals surface area contributed by atoms with Gasteiger partial charge in [0, 0.05) is 32.5 Å². The number of hydrogen-bond donors (Lipinski definition) is 2. The molecule has 19 heavy (non-hydrogen) atoms. The lowest BCUT2D eigenvalue weighted by Crippen LogP contribution is -2.44. The van der Waals surface area contributed by atoms with Gasteiger partial charge in [0.05, 0.1) is 25.5 Å². The SMILES string of the molecule is CNc1cn2ccnc2c(N2CCOC(CO)C2)n1. The Bertz CT molecular complexity index is 570. The Balaban J connectivity index is 2.00. The lowest BCUT2D eigenvalue weighted by atomic mass is 10.3. The van der Waals surface area contributed by atoms with E-state index in [1.54, 1.807) is 6.20 Å². The Morgan fingerprint density at radius 2 is 2.47 bits per heavy atom. The summed E-state index contributed by atoms with van der Waals surface area (Å²) in [5.41, 5.74) is 0.817. The van der Waals surface area contributed by atoms with Crippen LogP contribution in [0.1, 0.15) is 0 Å². The van der Waals surface area contributed by atoms with Gasteiger partial charge in [-0.05, 0) is 0 Å². The highest BCUT2D eigenvalue weighted by Crippen LogP contribution is 2.22. The predicted molar refractivity (Wildman–Crippen MR) is 71.6 cm³/mol. The Hall–Kier alpha value is -1.86. The zero-order chi connectivity index (χ0) is 13.2. The van der Waals surface area contributed by atoms with E-state index in [1.165, 1.54) is 0 Å². The fourth-order valence-electron chi connectivity index (χ4n) is 2.27. The molecule has 0 amide bonds. The number of anilines is 2. The van der Waals surface area contributed by atoms with Crippen LogP contribution < -0.4 is 10.2 Å². The fourth-order valence-corrected chi connectivity index (χ4v) is 2.27. The molecule has 7 nitrogen and oxygen atoms in total. The maximum absolute atomic E-state index is 9.22. The third kappa shape index (κ3) is 2.22. The molecule has 2 N–H and O–H groups in total. The van der Waals surface area contributed by atoms with Crippen LogP contribution in [0.25, 0.3) is 5.65 Å². The number of nitrogens with zero attached hydrogens (tertiary/aromatic N) is 4. The molecule has 1 unspecified atom stereocenters. The van der Waals surface area contributed by atoms with Gasteiger partial charge in [0.2, 0.25) is 0 Å². The quantitative estimate of drug-likeness (QED) is 0.810. The Morgan fingerprint density at radius 3 is 3.26 bits per heavy atom. The minimum absolute atomic E-state index is 0.0208. The van der Waals surface area contributed by atoms with E-state index in [9.17, 15) is 5.11 Å². The number of hydrogen-bond acceptors (Lipinski definition) is 6. The van der Waals surface area contributed by atoms with Crippen LogP contribution in [-0.2, 0) is 4.74 Å². The monoisotopic (exact) mass is 263 g/mol. The number of rotatable bonds is 3. The van der Waals surface area contributed by atoms with Gasteiger partial charge >= 0.3 is 0 Å². The van der Waals surface area contributed by atoms with E-state index in [0.29, 0.717) is 13.2 Å². The summed E-state index contributed by atoms with van der Waals surface area (Å²) in [5, 5.41) is 12.3. The molecule has 0 saturated carbocycles. The van der Waals surface area contributed by atoms with Crippen LogP contribution in [-0.4, -0.2) is 58.9 Å². The second-order valence-electron chi connectivity index (χ2n) is 4.48. The molecule has 3 heterocycles. The van der Waals surface area contributed by atoms with Gasteiger partial charge in [-0.15, -0.1) is 0 Å². The molecule has 1 aliphatic rings. The maximum Gasteiger partial charge on any atom is 0.180 e. The summed E-state index contributed by atoms with van der Waals surface area (Å²) in [4.78, 5) is 11.0. The highest BCUT2D eigenvalue weighted by Gasteiger charge is 2.23. The highest BCUT2D eigenvalue weighted by atomic mass is 16.5. The van der Waals surface area contributed by atoms with Gasteiger partial charge in [0.25, 0.3) is 0 Å². The van der Waals surface area contributed by atoms with Gasteiger partial charge in [-0.25, -0.2) is 9.97 Å². The van der Waals surface area contributed by atoms with Gasteiger partial charge in [-0.3, -0.25) is 0 Å². The molecule has 0 bridgehead atoms. The molecule has 2 aromatic rings. The van der Waals surface area contributed by atoms with Crippen molar-refractivity contribution < 1.29 is 9.84 Å². The van der Waals surface area contributed by atoms with E-state index in [-0.39, 0.29) is 12.7 Å². The first-order chi connectivity index (χ1) is 9.31. The molecule has 0 radical (unpaired) electrons. The van der Waals surface area contributed by atoms with Crippen LogP contribution in [0, 0.1) is 0 Å². The fraction of sp³-hybridized carbons (Fsp3) is 0.500. The van der Waals surface area contributed by atoms with Gasteiger partial charge < -0.3 is 24.5 Å². The van der Waals surface area contributed by atoms with Crippen molar-refractivity contribution in [2.75, 3.05) is 43.6 Å². The number of nitrogens with one attached hydrogen (secondary N) is 1. The number of aliphatic hydroxyl groups is 1. The van der Waals surface area contributed by atoms with E-state index in [4.69, 9.17) is 4.74 Å². The first kappa shape index (κ1) is 12.2. The topological polar surface area (TPSA) is 74.9 Å². The summed E-state index contributed by atoms with van der Waals surface area (Å²) in [6.07, 6.45) is 5.38. The Morgan fingerprint density at radius 1 is 1.58 bits per heavy atom. The Kier molecular flexibility index (Phi) is 3.22. The van der Waals surface area contributed by atoms with E-state index in [1.807, 2.05) is 23.8 Å². The van der Waals surface area contributed by atoms with Crippen LogP contribution >= 0.6 is 0 Å². The van der Waals surface area contributed by atoms with Crippen molar-refractivity contribution in [3.63, 3.8) is 0 Å². The molecule has 3 rings (SSSR count). The Labute approximate surface area is 110 Å². The molecule has 102 valence electrons. The summed E-state index contributed by atoms with van der Waals surface area (Å²) >= 11 is 0. The van der Waals surface area contributed by atoms with Crippen molar-refractivity contribution in [1.82, 2.24) is 14.4 Å². The van der Waals surface area contributed by atoms with E-state index < -0.39 is 0 Å². The van der Waals surface area contributed by atoms with Gasteiger partial charge in [-0.1, -0.05) is 0 Å². The molecule has 1 atom stereocenters. The zero-order valence-electron chi connectivity index (χ0n) is 10.8. The summed E-state index contributed by atoms with van der Waals surface area (Å²) < 4.78 is 7.41. The summed E-state index contributed by atoms with van der Waals surface area (Å²) in [6.45, 7) is 1.98. The lowest BCUT2D eigenvalue weighted by Gasteiger charge is -2.33. The van der Waals surface area contributed by atoms with Crippen molar-refractivity contribution in [3.05, 3.63) is 18.6 Å². The second kappa shape index (κ2) is 5.02. The van der Waals surface area contributed by atoms with Crippen molar-refractivity contribution in [2.24, 2.45) is 0 Å². The molecular weight excluding hydrogens is 246 g/mol. The minimum Gasteiger partial charge on any atom is -0.394 e. The summed E-state index contributed by atoms with van der Waals surface area (Å²) in [7, 11) is 1.84. The molecule has 7 heteroatoms. The molecule has 0 spiro atoms. The highest BCUT2D eigenvalue weighted by molar-refractivity contribution is 5.67. The molecule has 1 saturated heterocycles. The number of fused-ring (bicyclic) bond motifs is 1. The number of ether oxygens (including phenoxy) is 1. The largest absolute Gasteiger partial charge is 0.394 e. The number of aromatic nitrogens is 3. The van der Waals surface area contributed by atoms with Crippen LogP contribution in [0.15, 0.2) is 18.6 Å². The third-order valence-electron chi connectivity index (χ3n) is 3.25. The van der Waals surface area contributed by atoms with Crippen LogP contribution in [0.2, 0.25) is 0 Å². The van der Waals surface area contributed by atoms with E-state index in [0.717, 1.165) is 23.8 Å². The molecule has 0 aliphatic carbocycles. The molecule has 1 aliphatic heterocycles. The predicted octanol–water partition coefficient (Wildman–Crippen LogP) is -0.0315. The minimum atomic E-state index is -0.163. The van der Waals surface area contributed by atoms with E-state index in [2.05, 4.69) is 20.2 Å². The summed E-state index contributed by atoms with van der Waals surface area (Å²) in [6, 6.07) is 0. The maximum atomic E-state index is 9.22. The second-order valence-corrected chi connectivity index (χ2v) is 4.48. The van der Waals surface area contributed by atoms with Crippen molar-refractivity contribution in [3.8, 4) is 0 Å². The van der Waals surface area contributed by atoms with Crippen LogP contribution in [0.5, 0.6) is 0 Å².